The molecule has 2 aromatic carbocycles. The molecule has 0 saturated heterocycles. The number of amides is 1. The largest absolute Gasteiger partial charge is 0.459 e. The van der Waals surface area contributed by atoms with Gasteiger partial charge in [-0.1, -0.05) is 29.8 Å². The Balaban J connectivity index is 1.26. The molecule has 4 rings (SSSR count). The molecule has 2 aromatic heterocycles. The summed E-state index contributed by atoms with van der Waals surface area (Å²) < 4.78 is 10.7. The Morgan fingerprint density at radius 3 is 2.42 bits per heavy atom. The Kier molecular flexibility index (Phi) is 6.84. The zero-order valence-corrected chi connectivity index (χ0v) is 18.5. The summed E-state index contributed by atoms with van der Waals surface area (Å²) in [6.07, 6.45) is 3.11. The molecule has 0 saturated carbocycles. The van der Waals surface area contributed by atoms with E-state index in [2.05, 4.69) is 25.9 Å². The van der Waals surface area contributed by atoms with Gasteiger partial charge in [-0.15, -0.1) is 0 Å². The number of furan rings is 1. The number of benzene rings is 2. The second kappa shape index (κ2) is 10.3. The molecule has 0 spiro atoms. The predicted octanol–water partition coefficient (Wildman–Crippen LogP) is 4.36. The van der Waals surface area contributed by atoms with Gasteiger partial charge in [-0.05, 0) is 48.9 Å². The molecule has 0 aliphatic carbocycles. The fourth-order valence-electron chi connectivity index (χ4n) is 3.10. The van der Waals surface area contributed by atoms with Gasteiger partial charge in [-0.3, -0.25) is 9.79 Å². The monoisotopic (exact) mass is 443 g/mol. The summed E-state index contributed by atoms with van der Waals surface area (Å²) in [7, 11) is 1.71. The highest BCUT2D eigenvalue weighted by atomic mass is 16.3. The average Bonchev–Trinajstić information content (AvgIpc) is 3.53. The predicted molar refractivity (Wildman–Crippen MR) is 127 cm³/mol. The van der Waals surface area contributed by atoms with Crippen LogP contribution in [-0.2, 0) is 13.1 Å². The van der Waals surface area contributed by atoms with Crippen LogP contribution in [0.3, 0.4) is 0 Å². The van der Waals surface area contributed by atoms with Gasteiger partial charge in [0.1, 0.15) is 6.26 Å². The van der Waals surface area contributed by atoms with Gasteiger partial charge in [0.2, 0.25) is 5.89 Å². The third kappa shape index (κ3) is 5.88. The average molecular weight is 444 g/mol. The third-order valence-corrected chi connectivity index (χ3v) is 4.93. The number of anilines is 1. The SMILES string of the molecule is CN=C(NCc1ccc(NC(=O)c2ccco2)cc1)NCc1coc(-c2ccc(C)cc2)n1. The molecule has 8 heteroatoms. The lowest BCUT2D eigenvalue weighted by Crippen LogP contribution is -2.36. The molecular weight excluding hydrogens is 418 g/mol. The van der Waals surface area contributed by atoms with Crippen molar-refractivity contribution in [3.63, 3.8) is 0 Å². The summed E-state index contributed by atoms with van der Waals surface area (Å²) in [5.74, 6) is 1.22. The Labute approximate surface area is 191 Å². The van der Waals surface area contributed by atoms with E-state index in [1.807, 2.05) is 55.5 Å². The molecule has 33 heavy (non-hydrogen) atoms. The van der Waals surface area contributed by atoms with Crippen LogP contribution in [0.25, 0.3) is 11.5 Å². The first-order valence-corrected chi connectivity index (χ1v) is 10.5. The van der Waals surface area contributed by atoms with E-state index in [4.69, 9.17) is 8.83 Å². The first kappa shape index (κ1) is 21.9. The highest BCUT2D eigenvalue weighted by Gasteiger charge is 2.09. The lowest BCUT2D eigenvalue weighted by atomic mass is 10.1. The molecule has 3 N–H and O–H groups in total. The van der Waals surface area contributed by atoms with Gasteiger partial charge < -0.3 is 24.8 Å². The molecule has 0 atom stereocenters. The summed E-state index contributed by atoms with van der Waals surface area (Å²) in [6, 6.07) is 18.9. The summed E-state index contributed by atoms with van der Waals surface area (Å²) in [5.41, 5.74) is 4.65. The molecule has 4 aromatic rings. The summed E-state index contributed by atoms with van der Waals surface area (Å²) >= 11 is 0. The van der Waals surface area contributed by atoms with Crippen LogP contribution in [0.1, 0.15) is 27.4 Å². The maximum atomic E-state index is 12.0. The van der Waals surface area contributed by atoms with E-state index in [0.717, 1.165) is 16.8 Å². The summed E-state index contributed by atoms with van der Waals surface area (Å²) in [6.45, 7) is 3.09. The molecule has 0 radical (unpaired) electrons. The molecule has 1 amide bonds. The first-order chi connectivity index (χ1) is 16.1. The topological polar surface area (TPSA) is 105 Å². The van der Waals surface area contributed by atoms with Crippen molar-refractivity contribution in [2.45, 2.75) is 20.0 Å². The van der Waals surface area contributed by atoms with Crippen molar-refractivity contribution in [3.05, 3.63) is 95.8 Å². The fraction of sp³-hybridized carbons (Fsp3) is 0.160. The van der Waals surface area contributed by atoms with Crippen LogP contribution in [0.5, 0.6) is 0 Å². The van der Waals surface area contributed by atoms with Crippen LogP contribution in [0, 0.1) is 6.92 Å². The number of oxazole rings is 1. The second-order valence-electron chi connectivity index (χ2n) is 7.42. The van der Waals surface area contributed by atoms with Crippen molar-refractivity contribution < 1.29 is 13.6 Å². The highest BCUT2D eigenvalue weighted by Crippen LogP contribution is 2.19. The standard InChI is InChI=1S/C25H25N5O3/c1-17-5-9-19(10-6-17)24-30-21(16-33-24)15-28-25(26-2)27-14-18-7-11-20(12-8-18)29-23(31)22-4-3-13-32-22/h3-13,16H,14-15H2,1-2H3,(H,29,31)(H2,26,27,28). The van der Waals surface area contributed by atoms with E-state index in [-0.39, 0.29) is 11.7 Å². The minimum atomic E-state index is -0.283. The maximum absolute atomic E-state index is 12.0. The molecule has 0 aliphatic rings. The van der Waals surface area contributed by atoms with Crippen LogP contribution in [-0.4, -0.2) is 23.9 Å². The Morgan fingerprint density at radius 2 is 1.73 bits per heavy atom. The van der Waals surface area contributed by atoms with Crippen LogP contribution < -0.4 is 16.0 Å². The number of rotatable bonds is 7. The van der Waals surface area contributed by atoms with E-state index in [1.165, 1.54) is 11.8 Å². The maximum Gasteiger partial charge on any atom is 0.291 e. The van der Waals surface area contributed by atoms with Gasteiger partial charge >= 0.3 is 0 Å². The third-order valence-electron chi connectivity index (χ3n) is 4.93. The number of aliphatic imine (C=N–C) groups is 1. The van der Waals surface area contributed by atoms with Crippen LogP contribution in [0.4, 0.5) is 5.69 Å². The minimum absolute atomic E-state index is 0.272. The molecule has 2 heterocycles. The molecule has 0 aliphatic heterocycles. The van der Waals surface area contributed by atoms with Gasteiger partial charge in [0.15, 0.2) is 11.7 Å². The zero-order valence-electron chi connectivity index (χ0n) is 18.5. The Bertz CT molecular complexity index is 1210. The highest BCUT2D eigenvalue weighted by molar-refractivity contribution is 6.02. The number of nitrogens with zero attached hydrogens (tertiary/aromatic N) is 2. The van der Waals surface area contributed by atoms with Gasteiger partial charge in [0.25, 0.3) is 5.91 Å². The molecule has 8 nitrogen and oxygen atoms in total. The van der Waals surface area contributed by atoms with Crippen LogP contribution >= 0.6 is 0 Å². The van der Waals surface area contributed by atoms with Crippen molar-refractivity contribution >= 4 is 17.6 Å². The van der Waals surface area contributed by atoms with Crippen LogP contribution in [0.15, 0.2) is 87.0 Å². The number of carbonyl (C=O) groups is 1. The van der Waals surface area contributed by atoms with E-state index in [9.17, 15) is 4.79 Å². The number of nitrogens with one attached hydrogen (secondary N) is 3. The molecule has 0 fully saturated rings. The number of hydrogen-bond acceptors (Lipinski definition) is 5. The van der Waals surface area contributed by atoms with E-state index in [0.29, 0.717) is 30.6 Å². The molecule has 0 bridgehead atoms. The van der Waals surface area contributed by atoms with Gasteiger partial charge in [-0.25, -0.2) is 4.98 Å². The zero-order chi connectivity index (χ0) is 23.0. The molecular formula is C25H25N5O3. The lowest BCUT2D eigenvalue weighted by molar-refractivity contribution is 0.0996. The quantitative estimate of drug-likeness (QED) is 0.290. The van der Waals surface area contributed by atoms with Crippen molar-refractivity contribution in [1.29, 1.82) is 0 Å². The van der Waals surface area contributed by atoms with Crippen molar-refractivity contribution in [1.82, 2.24) is 15.6 Å². The summed E-state index contributed by atoms with van der Waals surface area (Å²) in [5, 5.41) is 9.29. The number of carbonyl (C=O) groups excluding carboxylic acids is 1. The van der Waals surface area contributed by atoms with Crippen molar-refractivity contribution in [2.24, 2.45) is 4.99 Å². The normalized spacial score (nSPS) is 11.3. The van der Waals surface area contributed by atoms with Crippen LogP contribution in [0.2, 0.25) is 0 Å². The number of hydrogen-bond donors (Lipinski definition) is 3. The lowest BCUT2D eigenvalue weighted by Gasteiger charge is -2.11. The van der Waals surface area contributed by atoms with Crippen molar-refractivity contribution in [2.75, 3.05) is 12.4 Å². The van der Waals surface area contributed by atoms with E-state index < -0.39 is 0 Å². The van der Waals surface area contributed by atoms with Gasteiger partial charge in [0, 0.05) is 24.8 Å². The Hall–Kier alpha value is -4.33. The van der Waals surface area contributed by atoms with Crippen molar-refractivity contribution in [3.8, 4) is 11.5 Å². The molecule has 0 unspecified atom stereocenters. The van der Waals surface area contributed by atoms with E-state index >= 15 is 0 Å². The van der Waals surface area contributed by atoms with E-state index in [1.54, 1.807) is 25.4 Å². The minimum Gasteiger partial charge on any atom is -0.459 e. The summed E-state index contributed by atoms with van der Waals surface area (Å²) in [4.78, 5) is 20.8. The number of guanidine groups is 1. The second-order valence-corrected chi connectivity index (χ2v) is 7.42. The fourth-order valence-corrected chi connectivity index (χ4v) is 3.10. The van der Waals surface area contributed by atoms with Gasteiger partial charge in [-0.2, -0.15) is 0 Å². The Morgan fingerprint density at radius 1 is 0.970 bits per heavy atom. The first-order valence-electron chi connectivity index (χ1n) is 10.5. The number of aromatic nitrogens is 1. The smallest absolute Gasteiger partial charge is 0.291 e. The van der Waals surface area contributed by atoms with Gasteiger partial charge in [0.05, 0.1) is 18.5 Å². The molecule has 168 valence electrons. The number of aryl methyl sites for hydroxylation is 1.